The average molecular weight is 392 g/mol. The lowest BCUT2D eigenvalue weighted by Crippen LogP contribution is -2.37. The SMILES string of the molecule is BC1O[C@H]([C@@H](CP)OCc2ccccc2)C(I)C1O. The molecule has 0 aromatic heterocycles. The van der Waals surface area contributed by atoms with Crippen molar-refractivity contribution in [2.24, 2.45) is 0 Å². The van der Waals surface area contributed by atoms with E-state index < -0.39 is 6.10 Å². The second-order valence-electron chi connectivity index (χ2n) is 4.81. The molecule has 1 aliphatic heterocycles. The molecule has 3 nitrogen and oxygen atoms in total. The molecule has 1 aliphatic rings. The van der Waals surface area contributed by atoms with Crippen LogP contribution in [0.1, 0.15) is 5.56 Å². The number of aliphatic hydroxyl groups excluding tert-OH is 1. The quantitative estimate of drug-likeness (QED) is 0.352. The van der Waals surface area contributed by atoms with Crippen molar-refractivity contribution in [3.8, 4) is 0 Å². The molecule has 6 heteroatoms. The monoisotopic (exact) mass is 392 g/mol. The fourth-order valence-corrected chi connectivity index (χ4v) is 3.85. The molecular formula is C13H19BIO3P. The maximum atomic E-state index is 9.97. The van der Waals surface area contributed by atoms with E-state index in [1.165, 1.54) is 0 Å². The van der Waals surface area contributed by atoms with E-state index in [-0.39, 0.29) is 22.1 Å². The van der Waals surface area contributed by atoms with Crippen LogP contribution < -0.4 is 0 Å². The molecule has 1 heterocycles. The summed E-state index contributed by atoms with van der Waals surface area (Å²) in [4.78, 5) is 0. The van der Waals surface area contributed by atoms with Gasteiger partial charge < -0.3 is 14.6 Å². The molecule has 1 fully saturated rings. The molecular weight excluding hydrogens is 373 g/mol. The minimum Gasteiger partial charge on any atom is -0.390 e. The van der Waals surface area contributed by atoms with Crippen molar-refractivity contribution in [3.05, 3.63) is 35.9 Å². The first-order chi connectivity index (χ1) is 9.13. The highest BCUT2D eigenvalue weighted by atomic mass is 127. The van der Waals surface area contributed by atoms with E-state index in [4.69, 9.17) is 9.47 Å². The Morgan fingerprint density at radius 2 is 2.11 bits per heavy atom. The summed E-state index contributed by atoms with van der Waals surface area (Å²) in [5.74, 6) is 0. The Hall–Kier alpha value is 0.325. The molecule has 0 aliphatic carbocycles. The molecule has 104 valence electrons. The summed E-state index contributed by atoms with van der Waals surface area (Å²) >= 11 is 2.26. The minimum absolute atomic E-state index is 0.00768. The molecule has 1 saturated heterocycles. The Bertz CT molecular complexity index is 395. The first kappa shape index (κ1) is 15.7. The van der Waals surface area contributed by atoms with Crippen molar-refractivity contribution in [2.75, 3.05) is 6.16 Å². The summed E-state index contributed by atoms with van der Waals surface area (Å²) < 4.78 is 11.9. The summed E-state index contributed by atoms with van der Waals surface area (Å²) in [6, 6.07) is 9.99. The number of benzene rings is 1. The van der Waals surface area contributed by atoms with E-state index >= 15 is 0 Å². The van der Waals surface area contributed by atoms with Gasteiger partial charge in [-0.1, -0.05) is 52.9 Å². The molecule has 0 radical (unpaired) electrons. The van der Waals surface area contributed by atoms with E-state index in [0.29, 0.717) is 6.61 Å². The fraction of sp³-hybridized carbons (Fsp3) is 0.538. The number of aliphatic hydroxyl groups is 1. The van der Waals surface area contributed by atoms with Gasteiger partial charge in [0.2, 0.25) is 0 Å². The lowest BCUT2D eigenvalue weighted by Gasteiger charge is -2.25. The Balaban J connectivity index is 1.94. The molecule has 19 heavy (non-hydrogen) atoms. The number of hydrogen-bond donors (Lipinski definition) is 1. The molecule has 6 atom stereocenters. The van der Waals surface area contributed by atoms with Gasteiger partial charge in [0.25, 0.3) is 0 Å². The normalized spacial score (nSPS) is 32.4. The van der Waals surface area contributed by atoms with E-state index in [1.54, 1.807) is 0 Å². The standard InChI is InChI=1S/C13H19BIO3P/c14-13-11(16)10(15)12(18-13)9(7-19)17-6-8-4-2-1-3-5-8/h1-5,9-13,16H,6-7,14,19H2/t9-,10?,11?,12-,13?/m1/s1. The van der Waals surface area contributed by atoms with Crippen LogP contribution in [0, 0.1) is 0 Å². The zero-order valence-electron chi connectivity index (χ0n) is 10.9. The van der Waals surface area contributed by atoms with Gasteiger partial charge in [0, 0.05) is 0 Å². The second kappa shape index (κ2) is 7.37. The summed E-state index contributed by atoms with van der Waals surface area (Å²) in [5.41, 5.74) is 1.16. The largest absolute Gasteiger partial charge is 0.390 e. The van der Waals surface area contributed by atoms with Crippen LogP contribution in [-0.4, -0.2) is 47.4 Å². The molecule has 0 bridgehead atoms. The smallest absolute Gasteiger partial charge is 0.142 e. The number of hydrogen-bond acceptors (Lipinski definition) is 3. The predicted molar refractivity (Wildman–Crippen MR) is 90.6 cm³/mol. The lowest BCUT2D eigenvalue weighted by atomic mass is 9.94. The zero-order valence-corrected chi connectivity index (χ0v) is 14.2. The molecule has 0 saturated carbocycles. The van der Waals surface area contributed by atoms with Crippen molar-refractivity contribution in [1.82, 2.24) is 0 Å². The second-order valence-corrected chi connectivity index (χ2v) is 6.72. The van der Waals surface area contributed by atoms with Gasteiger partial charge in [-0.15, -0.1) is 9.24 Å². The van der Waals surface area contributed by atoms with Gasteiger partial charge in [0.15, 0.2) is 0 Å². The predicted octanol–water partition coefficient (Wildman–Crippen LogP) is 0.969. The van der Waals surface area contributed by atoms with Crippen LogP contribution in [0.5, 0.6) is 0 Å². The zero-order chi connectivity index (χ0) is 13.8. The molecule has 1 aromatic carbocycles. The third-order valence-electron chi connectivity index (χ3n) is 3.40. The molecule has 0 spiro atoms. The van der Waals surface area contributed by atoms with Crippen LogP contribution in [0.15, 0.2) is 30.3 Å². The lowest BCUT2D eigenvalue weighted by molar-refractivity contribution is -0.0500. The Labute approximate surface area is 131 Å². The molecule has 0 amide bonds. The van der Waals surface area contributed by atoms with Gasteiger partial charge in [-0.25, -0.2) is 0 Å². The van der Waals surface area contributed by atoms with Crippen LogP contribution >= 0.6 is 31.8 Å². The van der Waals surface area contributed by atoms with Crippen molar-refractivity contribution in [1.29, 1.82) is 0 Å². The molecule has 1 N–H and O–H groups in total. The van der Waals surface area contributed by atoms with Crippen molar-refractivity contribution in [2.45, 2.75) is 34.8 Å². The molecule has 4 unspecified atom stereocenters. The maximum Gasteiger partial charge on any atom is 0.142 e. The topological polar surface area (TPSA) is 38.7 Å². The van der Waals surface area contributed by atoms with Crippen molar-refractivity contribution < 1.29 is 14.6 Å². The first-order valence-electron chi connectivity index (χ1n) is 6.46. The van der Waals surface area contributed by atoms with Gasteiger partial charge in [-0.2, -0.15) is 0 Å². The van der Waals surface area contributed by atoms with Gasteiger partial charge in [0.05, 0.1) is 34.8 Å². The Morgan fingerprint density at radius 1 is 1.42 bits per heavy atom. The van der Waals surface area contributed by atoms with E-state index in [2.05, 4.69) is 31.8 Å². The third-order valence-corrected chi connectivity index (χ3v) is 5.31. The highest BCUT2D eigenvalue weighted by molar-refractivity contribution is 14.1. The highest BCUT2D eigenvalue weighted by Crippen LogP contribution is 2.30. The van der Waals surface area contributed by atoms with E-state index in [9.17, 15) is 5.11 Å². The molecule has 2 rings (SSSR count). The third kappa shape index (κ3) is 3.91. The summed E-state index contributed by atoms with van der Waals surface area (Å²) in [5, 5.41) is 9.97. The molecule has 1 aromatic rings. The van der Waals surface area contributed by atoms with Gasteiger partial charge in [-0.05, 0) is 11.7 Å². The van der Waals surface area contributed by atoms with Gasteiger partial charge in [-0.3, -0.25) is 0 Å². The van der Waals surface area contributed by atoms with Gasteiger partial charge >= 0.3 is 0 Å². The first-order valence-corrected chi connectivity index (χ1v) is 8.53. The van der Waals surface area contributed by atoms with Crippen LogP contribution in [0.4, 0.5) is 0 Å². The van der Waals surface area contributed by atoms with Crippen LogP contribution in [0.2, 0.25) is 0 Å². The summed E-state index contributed by atoms with van der Waals surface area (Å²) in [7, 11) is 4.62. The fourth-order valence-electron chi connectivity index (χ4n) is 2.22. The van der Waals surface area contributed by atoms with Crippen molar-refractivity contribution >= 4 is 39.7 Å². The average Bonchev–Trinajstić information content (AvgIpc) is 2.69. The van der Waals surface area contributed by atoms with Crippen LogP contribution in [0.25, 0.3) is 0 Å². The van der Waals surface area contributed by atoms with E-state index in [1.807, 2.05) is 38.2 Å². The summed E-state index contributed by atoms with van der Waals surface area (Å²) in [6.07, 6.45) is 0.333. The maximum absolute atomic E-state index is 9.97. The highest BCUT2D eigenvalue weighted by Gasteiger charge is 2.43. The van der Waals surface area contributed by atoms with Gasteiger partial charge in [0.1, 0.15) is 7.85 Å². The van der Waals surface area contributed by atoms with E-state index in [0.717, 1.165) is 11.7 Å². The van der Waals surface area contributed by atoms with Crippen LogP contribution in [-0.2, 0) is 16.1 Å². The Kier molecular flexibility index (Phi) is 6.09. The number of alkyl halides is 1. The number of halogens is 1. The number of rotatable bonds is 5. The van der Waals surface area contributed by atoms with Crippen molar-refractivity contribution in [3.63, 3.8) is 0 Å². The Morgan fingerprint density at radius 3 is 2.63 bits per heavy atom. The minimum atomic E-state index is -0.412. The number of ether oxygens (including phenoxy) is 2. The van der Waals surface area contributed by atoms with Crippen LogP contribution in [0.3, 0.4) is 0 Å². The summed E-state index contributed by atoms with van der Waals surface area (Å²) in [6.45, 7) is 0.577.